The summed E-state index contributed by atoms with van der Waals surface area (Å²) >= 11 is 3.43. The second-order valence-electron chi connectivity index (χ2n) is 4.61. The van der Waals surface area contributed by atoms with Gasteiger partial charge in [0, 0.05) is 16.5 Å². The van der Waals surface area contributed by atoms with E-state index in [0.29, 0.717) is 6.42 Å². The van der Waals surface area contributed by atoms with Crippen molar-refractivity contribution in [2.24, 2.45) is 0 Å². The summed E-state index contributed by atoms with van der Waals surface area (Å²) in [5.74, 6) is 0.240. The first-order chi connectivity index (χ1) is 9.20. The topological polar surface area (TPSA) is 17.1 Å². The minimum Gasteiger partial charge on any atom is -0.294 e. The van der Waals surface area contributed by atoms with E-state index in [4.69, 9.17) is 0 Å². The number of rotatable bonds is 5. The third-order valence-electron chi connectivity index (χ3n) is 3.14. The molecule has 0 fully saturated rings. The molecule has 2 heteroatoms. The molecule has 0 saturated carbocycles. The van der Waals surface area contributed by atoms with Crippen molar-refractivity contribution in [1.29, 1.82) is 0 Å². The van der Waals surface area contributed by atoms with Crippen LogP contribution in [0, 0.1) is 0 Å². The van der Waals surface area contributed by atoms with Crippen molar-refractivity contribution in [2.45, 2.75) is 26.2 Å². The lowest BCUT2D eigenvalue weighted by Gasteiger charge is -2.04. The molecule has 0 amide bonds. The van der Waals surface area contributed by atoms with Crippen LogP contribution in [0.15, 0.2) is 53.0 Å². The molecule has 0 saturated heterocycles. The molecule has 0 aliphatic carbocycles. The number of hydrogen-bond acceptors (Lipinski definition) is 1. The summed E-state index contributed by atoms with van der Waals surface area (Å²) < 4.78 is 1.07. The molecular formula is C17H17BrO. The smallest absolute Gasteiger partial charge is 0.162 e. The van der Waals surface area contributed by atoms with Crippen LogP contribution in [0.2, 0.25) is 0 Å². The fraction of sp³-hybridized carbons (Fsp3) is 0.235. The zero-order chi connectivity index (χ0) is 13.7. The molecule has 98 valence electrons. The van der Waals surface area contributed by atoms with Gasteiger partial charge in [0.1, 0.15) is 0 Å². The number of hydrogen-bond donors (Lipinski definition) is 0. The van der Waals surface area contributed by atoms with E-state index in [-0.39, 0.29) is 5.78 Å². The van der Waals surface area contributed by atoms with Crippen molar-refractivity contribution in [3.8, 4) is 11.1 Å². The number of carbonyl (C=O) groups excluding carboxylic acids is 1. The highest BCUT2D eigenvalue weighted by atomic mass is 79.9. The molecule has 0 spiro atoms. The summed E-state index contributed by atoms with van der Waals surface area (Å²) in [6, 6.07) is 16.1. The van der Waals surface area contributed by atoms with Gasteiger partial charge in [-0.2, -0.15) is 0 Å². The van der Waals surface area contributed by atoms with Gasteiger partial charge in [-0.3, -0.25) is 4.79 Å². The highest BCUT2D eigenvalue weighted by molar-refractivity contribution is 9.10. The number of benzene rings is 2. The third-order valence-corrected chi connectivity index (χ3v) is 3.67. The van der Waals surface area contributed by atoms with E-state index in [1.807, 2.05) is 36.4 Å². The average Bonchev–Trinajstić information content (AvgIpc) is 2.46. The minimum atomic E-state index is 0.240. The molecule has 0 atom stereocenters. The number of halogens is 1. The van der Waals surface area contributed by atoms with Crippen molar-refractivity contribution in [3.63, 3.8) is 0 Å². The quantitative estimate of drug-likeness (QED) is 0.667. The van der Waals surface area contributed by atoms with Crippen LogP contribution in [0.1, 0.15) is 36.5 Å². The molecule has 19 heavy (non-hydrogen) atoms. The highest BCUT2D eigenvalue weighted by Crippen LogP contribution is 2.22. The van der Waals surface area contributed by atoms with Gasteiger partial charge in [-0.15, -0.1) is 0 Å². The lowest BCUT2D eigenvalue weighted by Crippen LogP contribution is -1.98. The Bertz CT molecular complexity index is 540. The van der Waals surface area contributed by atoms with E-state index >= 15 is 0 Å². The van der Waals surface area contributed by atoms with Gasteiger partial charge in [0.25, 0.3) is 0 Å². The Balaban J connectivity index is 2.14. The molecule has 2 rings (SSSR count). The van der Waals surface area contributed by atoms with Crippen LogP contribution in [0.4, 0.5) is 0 Å². The lowest BCUT2D eigenvalue weighted by molar-refractivity contribution is 0.0980. The number of carbonyl (C=O) groups is 1. The molecule has 0 unspecified atom stereocenters. The summed E-state index contributed by atoms with van der Waals surface area (Å²) in [5, 5.41) is 0. The zero-order valence-electron chi connectivity index (χ0n) is 11.0. The predicted octanol–water partition coefficient (Wildman–Crippen LogP) is 5.49. The van der Waals surface area contributed by atoms with Gasteiger partial charge < -0.3 is 0 Å². The maximum absolute atomic E-state index is 11.9. The molecule has 0 aliphatic heterocycles. The number of unbranched alkanes of at least 4 members (excludes halogenated alkanes) is 1. The first-order valence-corrected chi connectivity index (χ1v) is 7.39. The second-order valence-corrected chi connectivity index (χ2v) is 5.53. The zero-order valence-corrected chi connectivity index (χ0v) is 12.6. The Morgan fingerprint density at radius 3 is 2.00 bits per heavy atom. The van der Waals surface area contributed by atoms with E-state index in [1.54, 1.807) is 0 Å². The monoisotopic (exact) mass is 316 g/mol. The van der Waals surface area contributed by atoms with Crippen LogP contribution in [0.25, 0.3) is 11.1 Å². The van der Waals surface area contributed by atoms with Crippen molar-refractivity contribution >= 4 is 21.7 Å². The first-order valence-electron chi connectivity index (χ1n) is 6.60. The standard InChI is InChI=1S/C17H17BrO/c1-2-3-4-17(19)15-7-5-13(6-8-15)14-9-11-16(18)12-10-14/h5-12H,2-4H2,1H3. The third kappa shape index (κ3) is 3.77. The van der Waals surface area contributed by atoms with Crippen LogP contribution >= 0.6 is 15.9 Å². The van der Waals surface area contributed by atoms with Gasteiger partial charge in [0.05, 0.1) is 0 Å². The number of ketones is 1. The van der Waals surface area contributed by atoms with Crippen LogP contribution in [0.5, 0.6) is 0 Å². The van der Waals surface area contributed by atoms with Gasteiger partial charge in [-0.1, -0.05) is 65.7 Å². The molecule has 0 aliphatic rings. The Morgan fingerprint density at radius 2 is 1.47 bits per heavy atom. The van der Waals surface area contributed by atoms with Crippen LogP contribution in [-0.2, 0) is 0 Å². The fourth-order valence-electron chi connectivity index (χ4n) is 1.97. The summed E-state index contributed by atoms with van der Waals surface area (Å²) in [6.45, 7) is 2.10. The van der Waals surface area contributed by atoms with Gasteiger partial charge in [-0.25, -0.2) is 0 Å². The van der Waals surface area contributed by atoms with Gasteiger partial charge in [0.2, 0.25) is 0 Å². The minimum absolute atomic E-state index is 0.240. The summed E-state index contributed by atoms with van der Waals surface area (Å²) in [7, 11) is 0. The predicted molar refractivity (Wildman–Crippen MR) is 83.4 cm³/mol. The van der Waals surface area contributed by atoms with Crippen LogP contribution < -0.4 is 0 Å². The summed E-state index contributed by atoms with van der Waals surface area (Å²) in [6.07, 6.45) is 2.67. The highest BCUT2D eigenvalue weighted by Gasteiger charge is 2.05. The van der Waals surface area contributed by atoms with E-state index in [0.717, 1.165) is 34.0 Å². The molecule has 0 bridgehead atoms. The van der Waals surface area contributed by atoms with E-state index in [9.17, 15) is 4.79 Å². The molecule has 1 nitrogen and oxygen atoms in total. The molecule has 0 N–H and O–H groups in total. The Hall–Kier alpha value is -1.41. The fourth-order valence-corrected chi connectivity index (χ4v) is 2.24. The Labute approximate surface area is 122 Å². The molecule has 2 aromatic carbocycles. The van der Waals surface area contributed by atoms with Gasteiger partial charge in [0.15, 0.2) is 5.78 Å². The summed E-state index contributed by atoms with van der Waals surface area (Å²) in [4.78, 5) is 11.9. The van der Waals surface area contributed by atoms with E-state index < -0.39 is 0 Å². The maximum Gasteiger partial charge on any atom is 0.162 e. The van der Waals surface area contributed by atoms with E-state index in [2.05, 4.69) is 35.0 Å². The molecular weight excluding hydrogens is 300 g/mol. The van der Waals surface area contributed by atoms with Crippen molar-refractivity contribution < 1.29 is 4.79 Å². The molecule has 0 aromatic heterocycles. The van der Waals surface area contributed by atoms with Crippen LogP contribution in [-0.4, -0.2) is 5.78 Å². The molecule has 0 heterocycles. The Kier molecular flexibility index (Phi) is 4.92. The summed E-state index contributed by atoms with van der Waals surface area (Å²) in [5.41, 5.74) is 3.12. The average molecular weight is 317 g/mol. The Morgan fingerprint density at radius 1 is 0.947 bits per heavy atom. The van der Waals surface area contributed by atoms with Crippen molar-refractivity contribution in [1.82, 2.24) is 0 Å². The molecule has 2 aromatic rings. The maximum atomic E-state index is 11.9. The van der Waals surface area contributed by atoms with E-state index in [1.165, 1.54) is 0 Å². The number of Topliss-reactive ketones (excluding diaryl/α,β-unsaturated/α-hetero) is 1. The SMILES string of the molecule is CCCCC(=O)c1ccc(-c2ccc(Br)cc2)cc1. The van der Waals surface area contributed by atoms with Crippen molar-refractivity contribution in [3.05, 3.63) is 58.6 Å². The second kappa shape index (κ2) is 6.67. The van der Waals surface area contributed by atoms with Crippen molar-refractivity contribution in [2.75, 3.05) is 0 Å². The molecule has 0 radical (unpaired) electrons. The van der Waals surface area contributed by atoms with Crippen LogP contribution in [0.3, 0.4) is 0 Å². The van der Waals surface area contributed by atoms with Gasteiger partial charge in [-0.05, 0) is 29.7 Å². The largest absolute Gasteiger partial charge is 0.294 e. The first kappa shape index (κ1) is 14.0. The van der Waals surface area contributed by atoms with Gasteiger partial charge >= 0.3 is 0 Å². The lowest BCUT2D eigenvalue weighted by atomic mass is 10.0. The normalized spacial score (nSPS) is 10.4.